The fourth-order valence-corrected chi connectivity index (χ4v) is 2.33. The third kappa shape index (κ3) is 7.05. The SMILES string of the molecule is C=CC(C)NS(=O)(=O)CCCCCl. The molecule has 0 saturated carbocycles. The van der Waals surface area contributed by atoms with Crippen molar-refractivity contribution < 1.29 is 8.42 Å². The van der Waals surface area contributed by atoms with Crippen molar-refractivity contribution in [2.45, 2.75) is 25.8 Å². The van der Waals surface area contributed by atoms with Gasteiger partial charge in [0.2, 0.25) is 10.0 Å². The molecule has 5 heteroatoms. The maximum absolute atomic E-state index is 11.3. The minimum absolute atomic E-state index is 0.137. The molecule has 13 heavy (non-hydrogen) atoms. The van der Waals surface area contributed by atoms with Crippen LogP contribution in [0.5, 0.6) is 0 Å². The van der Waals surface area contributed by atoms with E-state index in [-0.39, 0.29) is 11.8 Å². The fourth-order valence-electron chi connectivity index (χ4n) is 0.777. The minimum atomic E-state index is -3.15. The number of hydrogen-bond acceptors (Lipinski definition) is 2. The van der Waals surface area contributed by atoms with Crippen molar-refractivity contribution in [1.29, 1.82) is 0 Å². The van der Waals surface area contributed by atoms with Gasteiger partial charge >= 0.3 is 0 Å². The molecule has 0 saturated heterocycles. The Hall–Kier alpha value is -0.0600. The number of alkyl halides is 1. The summed E-state index contributed by atoms with van der Waals surface area (Å²) in [7, 11) is -3.15. The second-order valence-corrected chi connectivity index (χ2v) is 5.11. The van der Waals surface area contributed by atoms with Crippen LogP contribution in [0.1, 0.15) is 19.8 Å². The fraction of sp³-hybridized carbons (Fsp3) is 0.750. The van der Waals surface area contributed by atoms with Crippen LogP contribution in [0.4, 0.5) is 0 Å². The van der Waals surface area contributed by atoms with Gasteiger partial charge in [0.1, 0.15) is 0 Å². The summed E-state index contributed by atoms with van der Waals surface area (Å²) in [6, 6.07) is -0.207. The molecule has 0 heterocycles. The predicted molar refractivity (Wildman–Crippen MR) is 56.5 cm³/mol. The lowest BCUT2D eigenvalue weighted by Crippen LogP contribution is -2.32. The smallest absolute Gasteiger partial charge is 0.212 e. The molecular weight excluding hydrogens is 210 g/mol. The van der Waals surface area contributed by atoms with E-state index in [2.05, 4.69) is 11.3 Å². The Bertz CT molecular complexity index is 239. The quantitative estimate of drug-likeness (QED) is 0.406. The number of rotatable bonds is 7. The van der Waals surface area contributed by atoms with E-state index in [1.807, 2.05) is 0 Å². The van der Waals surface area contributed by atoms with Crippen molar-refractivity contribution in [3.8, 4) is 0 Å². The highest BCUT2D eigenvalue weighted by Crippen LogP contribution is 1.97. The normalized spacial score (nSPS) is 14.0. The van der Waals surface area contributed by atoms with Crippen LogP contribution >= 0.6 is 11.6 Å². The van der Waals surface area contributed by atoms with Gasteiger partial charge < -0.3 is 0 Å². The Labute approximate surface area is 85.2 Å². The second kappa shape index (κ2) is 6.40. The van der Waals surface area contributed by atoms with Crippen molar-refractivity contribution in [3.63, 3.8) is 0 Å². The Kier molecular flexibility index (Phi) is 6.37. The van der Waals surface area contributed by atoms with Crippen molar-refractivity contribution in [2.75, 3.05) is 11.6 Å². The van der Waals surface area contributed by atoms with Crippen LogP contribution in [-0.2, 0) is 10.0 Å². The average Bonchev–Trinajstić information content (AvgIpc) is 2.03. The molecule has 0 radical (unpaired) electrons. The molecule has 3 nitrogen and oxygen atoms in total. The molecule has 1 N–H and O–H groups in total. The van der Waals surface area contributed by atoms with E-state index in [4.69, 9.17) is 11.6 Å². The molecule has 78 valence electrons. The van der Waals surface area contributed by atoms with Crippen LogP contribution in [0.15, 0.2) is 12.7 Å². The summed E-state index contributed by atoms with van der Waals surface area (Å²) >= 11 is 5.43. The van der Waals surface area contributed by atoms with Gasteiger partial charge in [-0.15, -0.1) is 18.2 Å². The van der Waals surface area contributed by atoms with Crippen molar-refractivity contribution in [2.24, 2.45) is 0 Å². The van der Waals surface area contributed by atoms with E-state index in [9.17, 15) is 8.42 Å². The van der Waals surface area contributed by atoms with Gasteiger partial charge in [-0.3, -0.25) is 0 Å². The monoisotopic (exact) mass is 225 g/mol. The number of hydrogen-bond donors (Lipinski definition) is 1. The van der Waals surface area contributed by atoms with E-state index in [1.54, 1.807) is 13.0 Å². The summed E-state index contributed by atoms with van der Waals surface area (Å²) in [5.74, 6) is 0.643. The molecule has 0 aliphatic heterocycles. The molecule has 0 rings (SSSR count). The number of unbranched alkanes of at least 4 members (excludes halogenated alkanes) is 1. The highest BCUT2D eigenvalue weighted by Gasteiger charge is 2.11. The van der Waals surface area contributed by atoms with Gasteiger partial charge in [-0.05, 0) is 19.8 Å². The zero-order chi connectivity index (χ0) is 10.3. The topological polar surface area (TPSA) is 46.2 Å². The predicted octanol–water partition coefficient (Wildman–Crippen LogP) is 1.50. The van der Waals surface area contributed by atoms with Crippen LogP contribution in [0, 0.1) is 0 Å². The molecule has 0 spiro atoms. The van der Waals surface area contributed by atoms with Gasteiger partial charge in [0.15, 0.2) is 0 Å². The Morgan fingerprint density at radius 3 is 2.62 bits per heavy atom. The minimum Gasteiger partial charge on any atom is -0.212 e. The summed E-state index contributed by atoms with van der Waals surface area (Å²) in [6.07, 6.45) is 2.88. The first-order valence-electron chi connectivity index (χ1n) is 4.20. The third-order valence-electron chi connectivity index (χ3n) is 1.52. The summed E-state index contributed by atoms with van der Waals surface area (Å²) in [4.78, 5) is 0. The third-order valence-corrected chi connectivity index (χ3v) is 3.34. The lowest BCUT2D eigenvalue weighted by Gasteiger charge is -2.09. The first kappa shape index (κ1) is 12.9. The second-order valence-electron chi connectivity index (χ2n) is 2.86. The zero-order valence-corrected chi connectivity index (χ0v) is 9.37. The standard InChI is InChI=1S/C8H16ClNO2S/c1-3-8(2)10-13(11,12)7-5-4-6-9/h3,8,10H,1,4-7H2,2H3. The van der Waals surface area contributed by atoms with Crippen LogP contribution < -0.4 is 4.72 Å². The van der Waals surface area contributed by atoms with Gasteiger partial charge in [0, 0.05) is 11.9 Å². The lowest BCUT2D eigenvalue weighted by molar-refractivity contribution is 0.573. The molecule has 0 aromatic rings. The molecule has 0 amide bonds. The maximum atomic E-state index is 11.3. The molecule has 1 unspecified atom stereocenters. The first-order valence-corrected chi connectivity index (χ1v) is 6.39. The van der Waals surface area contributed by atoms with Gasteiger partial charge in [-0.2, -0.15) is 0 Å². The largest absolute Gasteiger partial charge is 0.212 e. The molecule has 0 aromatic heterocycles. The summed E-state index contributed by atoms with van der Waals surface area (Å²) < 4.78 is 25.0. The van der Waals surface area contributed by atoms with E-state index >= 15 is 0 Å². The number of halogens is 1. The molecule has 1 atom stereocenters. The lowest BCUT2D eigenvalue weighted by atomic mass is 10.4. The molecule has 0 aliphatic rings. The zero-order valence-electron chi connectivity index (χ0n) is 7.79. The highest BCUT2D eigenvalue weighted by molar-refractivity contribution is 7.89. The Morgan fingerprint density at radius 1 is 1.54 bits per heavy atom. The molecule has 0 aliphatic carbocycles. The van der Waals surface area contributed by atoms with Crippen molar-refractivity contribution in [3.05, 3.63) is 12.7 Å². The van der Waals surface area contributed by atoms with E-state index in [1.165, 1.54) is 0 Å². The van der Waals surface area contributed by atoms with Crippen LogP contribution in [0.25, 0.3) is 0 Å². The van der Waals surface area contributed by atoms with Crippen LogP contribution in [0.2, 0.25) is 0 Å². The number of nitrogens with one attached hydrogen (secondary N) is 1. The van der Waals surface area contributed by atoms with Crippen molar-refractivity contribution in [1.82, 2.24) is 4.72 Å². The Morgan fingerprint density at radius 2 is 2.15 bits per heavy atom. The highest BCUT2D eigenvalue weighted by atomic mass is 35.5. The van der Waals surface area contributed by atoms with E-state index in [0.29, 0.717) is 12.3 Å². The van der Waals surface area contributed by atoms with Gasteiger partial charge in [0.05, 0.1) is 5.75 Å². The van der Waals surface area contributed by atoms with Gasteiger partial charge in [0.25, 0.3) is 0 Å². The molecular formula is C8H16ClNO2S. The summed E-state index contributed by atoms with van der Waals surface area (Å²) in [5, 5.41) is 0. The average molecular weight is 226 g/mol. The molecule has 0 aromatic carbocycles. The summed E-state index contributed by atoms with van der Waals surface area (Å²) in [5.41, 5.74) is 0. The van der Waals surface area contributed by atoms with Gasteiger partial charge in [-0.25, -0.2) is 13.1 Å². The van der Waals surface area contributed by atoms with Gasteiger partial charge in [-0.1, -0.05) is 6.08 Å². The number of sulfonamides is 1. The van der Waals surface area contributed by atoms with Crippen LogP contribution in [-0.4, -0.2) is 26.1 Å². The van der Waals surface area contributed by atoms with E-state index < -0.39 is 10.0 Å². The van der Waals surface area contributed by atoms with E-state index in [0.717, 1.165) is 6.42 Å². The first-order chi connectivity index (χ1) is 6.02. The maximum Gasteiger partial charge on any atom is 0.212 e. The summed E-state index contributed by atoms with van der Waals surface area (Å²) in [6.45, 7) is 5.24. The van der Waals surface area contributed by atoms with Crippen molar-refractivity contribution >= 4 is 21.6 Å². The Balaban J connectivity index is 3.87. The molecule has 0 bridgehead atoms. The molecule has 0 fully saturated rings. The van der Waals surface area contributed by atoms with Crippen LogP contribution in [0.3, 0.4) is 0 Å².